The third-order valence-electron chi connectivity index (χ3n) is 1.94. The van der Waals surface area contributed by atoms with Gasteiger partial charge in [0.15, 0.2) is 0 Å². The fourth-order valence-corrected chi connectivity index (χ4v) is 1.05. The second kappa shape index (κ2) is 9.38. The summed E-state index contributed by atoms with van der Waals surface area (Å²) in [6, 6.07) is -1.58. The molecule has 5 N–H and O–H groups in total. The van der Waals surface area contributed by atoms with E-state index >= 15 is 0 Å². The standard InChI is InChI=1S/C9H18N2O4.ClH/c1-2-15-9(14)7(11)5-3-4-6(10)8(12)13;/h6-7H,2-5,10-11H2,1H3,(H,12,13);1H. The monoisotopic (exact) mass is 254 g/mol. The summed E-state index contributed by atoms with van der Waals surface area (Å²) in [7, 11) is 0. The fourth-order valence-electron chi connectivity index (χ4n) is 1.05. The molecule has 0 rings (SSSR count). The predicted molar refractivity (Wildman–Crippen MR) is 61.3 cm³/mol. The molecule has 7 heteroatoms. The van der Waals surface area contributed by atoms with Crippen molar-refractivity contribution in [2.75, 3.05) is 6.61 Å². The molecular formula is C9H19ClN2O4. The summed E-state index contributed by atoms with van der Waals surface area (Å²) in [4.78, 5) is 21.4. The van der Waals surface area contributed by atoms with Gasteiger partial charge in [-0.1, -0.05) is 0 Å². The number of halogens is 1. The SMILES string of the molecule is CCOC(=O)C(N)CCCC(N)C(=O)O.Cl. The van der Waals surface area contributed by atoms with Gasteiger partial charge in [-0.05, 0) is 26.2 Å². The summed E-state index contributed by atoms with van der Waals surface area (Å²) in [5.41, 5.74) is 10.8. The smallest absolute Gasteiger partial charge is 0.322 e. The molecule has 0 spiro atoms. The van der Waals surface area contributed by atoms with E-state index in [-0.39, 0.29) is 12.4 Å². The van der Waals surface area contributed by atoms with Gasteiger partial charge in [0.25, 0.3) is 0 Å². The second-order valence-corrected chi connectivity index (χ2v) is 3.23. The Bertz CT molecular complexity index is 226. The first kappa shape index (κ1) is 17.5. The molecule has 0 saturated carbocycles. The van der Waals surface area contributed by atoms with Crippen LogP contribution in [0.5, 0.6) is 0 Å². The number of carbonyl (C=O) groups excluding carboxylic acids is 1. The summed E-state index contributed by atoms with van der Waals surface area (Å²) >= 11 is 0. The van der Waals surface area contributed by atoms with Crippen molar-refractivity contribution < 1.29 is 19.4 Å². The van der Waals surface area contributed by atoms with Crippen LogP contribution in [0.25, 0.3) is 0 Å². The summed E-state index contributed by atoms with van der Waals surface area (Å²) < 4.78 is 4.70. The van der Waals surface area contributed by atoms with E-state index in [1.54, 1.807) is 6.92 Å². The maximum atomic E-state index is 11.1. The Morgan fingerprint density at radius 3 is 2.19 bits per heavy atom. The summed E-state index contributed by atoms with van der Waals surface area (Å²) in [6.45, 7) is 1.99. The van der Waals surface area contributed by atoms with E-state index < -0.39 is 24.0 Å². The van der Waals surface area contributed by atoms with E-state index in [0.29, 0.717) is 25.9 Å². The lowest BCUT2D eigenvalue weighted by atomic mass is 10.1. The van der Waals surface area contributed by atoms with Crippen LogP contribution < -0.4 is 11.5 Å². The van der Waals surface area contributed by atoms with Crippen molar-refractivity contribution in [3.8, 4) is 0 Å². The molecule has 0 aromatic rings. The van der Waals surface area contributed by atoms with Gasteiger partial charge in [-0.25, -0.2) is 0 Å². The first-order valence-electron chi connectivity index (χ1n) is 4.89. The third kappa shape index (κ3) is 7.44. The van der Waals surface area contributed by atoms with E-state index in [1.807, 2.05) is 0 Å². The number of nitrogens with two attached hydrogens (primary N) is 2. The lowest BCUT2D eigenvalue weighted by molar-refractivity contribution is -0.144. The second-order valence-electron chi connectivity index (χ2n) is 3.23. The van der Waals surface area contributed by atoms with Crippen molar-refractivity contribution in [2.24, 2.45) is 11.5 Å². The van der Waals surface area contributed by atoms with Crippen molar-refractivity contribution in [3.05, 3.63) is 0 Å². The highest BCUT2D eigenvalue weighted by atomic mass is 35.5. The zero-order chi connectivity index (χ0) is 11.8. The molecule has 0 heterocycles. The van der Waals surface area contributed by atoms with Gasteiger partial charge in [0, 0.05) is 0 Å². The number of rotatable bonds is 7. The number of aliphatic carboxylic acids is 1. The highest BCUT2D eigenvalue weighted by molar-refractivity contribution is 5.85. The Labute approximate surface area is 101 Å². The molecule has 96 valence electrons. The van der Waals surface area contributed by atoms with Crippen molar-refractivity contribution in [1.29, 1.82) is 0 Å². The predicted octanol–water partition coefficient (Wildman–Crippen LogP) is -0.119. The van der Waals surface area contributed by atoms with E-state index in [9.17, 15) is 9.59 Å². The number of carbonyl (C=O) groups is 2. The molecule has 0 aromatic heterocycles. The Morgan fingerprint density at radius 2 is 1.75 bits per heavy atom. The first-order valence-corrected chi connectivity index (χ1v) is 4.89. The van der Waals surface area contributed by atoms with Crippen molar-refractivity contribution in [2.45, 2.75) is 38.3 Å². The summed E-state index contributed by atoms with van der Waals surface area (Å²) in [6.07, 6.45) is 1.19. The number of hydrogen-bond acceptors (Lipinski definition) is 5. The Morgan fingerprint density at radius 1 is 1.25 bits per heavy atom. The highest BCUT2D eigenvalue weighted by Gasteiger charge is 2.16. The Hall–Kier alpha value is -0.850. The van der Waals surface area contributed by atoms with Crippen molar-refractivity contribution >= 4 is 24.3 Å². The molecule has 2 unspecified atom stereocenters. The molecule has 16 heavy (non-hydrogen) atoms. The molecule has 0 aliphatic rings. The third-order valence-corrected chi connectivity index (χ3v) is 1.94. The molecule has 0 saturated heterocycles. The van der Waals surface area contributed by atoms with Crippen LogP contribution >= 0.6 is 12.4 Å². The van der Waals surface area contributed by atoms with E-state index in [1.165, 1.54) is 0 Å². The maximum absolute atomic E-state index is 11.1. The lowest BCUT2D eigenvalue weighted by Crippen LogP contribution is -2.34. The molecule has 0 bridgehead atoms. The van der Waals surface area contributed by atoms with Crippen LogP contribution in [0, 0.1) is 0 Å². The molecule has 0 amide bonds. The van der Waals surface area contributed by atoms with Crippen LogP contribution in [0.4, 0.5) is 0 Å². The van der Waals surface area contributed by atoms with Crippen molar-refractivity contribution in [3.63, 3.8) is 0 Å². The maximum Gasteiger partial charge on any atom is 0.322 e. The zero-order valence-corrected chi connectivity index (χ0v) is 10.0. The van der Waals surface area contributed by atoms with Crippen molar-refractivity contribution in [1.82, 2.24) is 0 Å². The van der Waals surface area contributed by atoms with Gasteiger partial charge in [-0.15, -0.1) is 12.4 Å². The van der Waals surface area contributed by atoms with Crippen LogP contribution in [0.15, 0.2) is 0 Å². The highest BCUT2D eigenvalue weighted by Crippen LogP contribution is 2.03. The van der Waals surface area contributed by atoms with Gasteiger partial charge in [0.05, 0.1) is 6.61 Å². The van der Waals surface area contributed by atoms with Crippen LogP contribution in [0.1, 0.15) is 26.2 Å². The molecule has 2 atom stereocenters. The largest absolute Gasteiger partial charge is 0.480 e. The van der Waals surface area contributed by atoms with E-state index in [0.717, 1.165) is 0 Å². The summed E-state index contributed by atoms with van der Waals surface area (Å²) in [5, 5.41) is 8.49. The number of ether oxygens (including phenoxy) is 1. The first-order chi connectivity index (χ1) is 6.99. The zero-order valence-electron chi connectivity index (χ0n) is 9.22. The number of hydrogen-bond donors (Lipinski definition) is 3. The Kier molecular flexibility index (Phi) is 10.3. The number of carboxylic acids is 1. The minimum absolute atomic E-state index is 0. The van der Waals surface area contributed by atoms with Gasteiger partial charge < -0.3 is 21.3 Å². The van der Waals surface area contributed by atoms with Crippen LogP contribution in [0.3, 0.4) is 0 Å². The van der Waals surface area contributed by atoms with Gasteiger partial charge in [-0.3, -0.25) is 9.59 Å². The molecule has 0 aliphatic heterocycles. The minimum Gasteiger partial charge on any atom is -0.480 e. The van der Waals surface area contributed by atoms with Gasteiger partial charge in [0.2, 0.25) is 0 Å². The lowest BCUT2D eigenvalue weighted by Gasteiger charge is -2.11. The van der Waals surface area contributed by atoms with Crippen LogP contribution in [0.2, 0.25) is 0 Å². The Balaban J connectivity index is 0. The molecule has 0 radical (unpaired) electrons. The van der Waals surface area contributed by atoms with Crippen LogP contribution in [-0.4, -0.2) is 35.7 Å². The number of esters is 1. The molecule has 0 fully saturated rings. The summed E-state index contributed by atoms with van der Waals surface area (Å²) in [5.74, 6) is -1.50. The number of carboxylic acid groups (broad SMARTS) is 1. The average Bonchev–Trinajstić information content (AvgIpc) is 2.17. The molecular weight excluding hydrogens is 236 g/mol. The minimum atomic E-state index is -1.04. The van der Waals surface area contributed by atoms with E-state index in [4.69, 9.17) is 21.3 Å². The topological polar surface area (TPSA) is 116 Å². The molecule has 0 aliphatic carbocycles. The molecule has 0 aromatic carbocycles. The fraction of sp³-hybridized carbons (Fsp3) is 0.778. The van der Waals surface area contributed by atoms with Crippen LogP contribution in [-0.2, 0) is 14.3 Å². The van der Waals surface area contributed by atoms with E-state index in [2.05, 4.69) is 0 Å². The van der Waals surface area contributed by atoms with Gasteiger partial charge in [0.1, 0.15) is 12.1 Å². The average molecular weight is 255 g/mol. The van der Waals surface area contributed by atoms with Gasteiger partial charge >= 0.3 is 11.9 Å². The van der Waals surface area contributed by atoms with Gasteiger partial charge in [-0.2, -0.15) is 0 Å². The molecule has 6 nitrogen and oxygen atoms in total. The quantitative estimate of drug-likeness (QED) is 0.546. The normalized spacial score (nSPS) is 13.4.